The van der Waals surface area contributed by atoms with Crippen LogP contribution in [0.3, 0.4) is 0 Å². The molecule has 0 bridgehead atoms. The third-order valence-corrected chi connectivity index (χ3v) is 10.8. The molecule has 50 heavy (non-hydrogen) atoms. The Balaban J connectivity index is 1.36. The summed E-state index contributed by atoms with van der Waals surface area (Å²) in [6, 6.07) is 15.2. The molecule has 258 valence electrons. The van der Waals surface area contributed by atoms with Crippen molar-refractivity contribution in [1.82, 2.24) is 19.3 Å². The van der Waals surface area contributed by atoms with Gasteiger partial charge in [0.05, 0.1) is 35.6 Å². The number of nitrogens with zero attached hydrogens (tertiary/aromatic N) is 4. The fraction of sp³-hybridized carbons (Fsp3) is 0.308. The lowest BCUT2D eigenvalue weighted by molar-refractivity contribution is 0.0595. The highest BCUT2D eigenvalue weighted by atomic mass is 35.5. The number of carbonyl (C=O) groups excluding carboxylic acids is 2. The van der Waals surface area contributed by atoms with Gasteiger partial charge in [-0.25, -0.2) is 4.79 Å². The Bertz CT molecular complexity index is 2330. The zero-order chi connectivity index (χ0) is 35.6. The summed E-state index contributed by atoms with van der Waals surface area (Å²) >= 11 is 13.5. The largest absolute Gasteiger partial charge is 0.494 e. The molecule has 9 nitrogen and oxygen atoms in total. The first-order valence-electron chi connectivity index (χ1n) is 16.7. The van der Waals surface area contributed by atoms with Crippen LogP contribution in [0.25, 0.3) is 32.9 Å². The number of H-pyrrole nitrogens is 1. The molecule has 0 unspecified atom stereocenters. The minimum Gasteiger partial charge on any atom is -0.494 e. The molecule has 4 heterocycles. The number of esters is 1. The molecule has 1 aliphatic rings. The van der Waals surface area contributed by atoms with E-state index in [2.05, 4.69) is 16.5 Å². The summed E-state index contributed by atoms with van der Waals surface area (Å²) in [4.78, 5) is 32.3. The molecule has 3 aromatic heterocycles. The van der Waals surface area contributed by atoms with Gasteiger partial charge in [0.25, 0.3) is 5.91 Å². The summed E-state index contributed by atoms with van der Waals surface area (Å²) < 4.78 is 15.2. The number of aromatic nitrogens is 4. The predicted octanol–water partition coefficient (Wildman–Crippen LogP) is 9.08. The molecule has 7 rings (SSSR count). The number of nitrogens with one attached hydrogen (secondary N) is 1. The van der Waals surface area contributed by atoms with Gasteiger partial charge in [-0.15, -0.1) is 0 Å². The monoisotopic (exact) mass is 711 g/mol. The van der Waals surface area contributed by atoms with Crippen LogP contribution in [0.5, 0.6) is 5.75 Å². The van der Waals surface area contributed by atoms with Crippen molar-refractivity contribution in [2.75, 3.05) is 25.2 Å². The number of benzene rings is 3. The second-order valence-corrected chi connectivity index (χ2v) is 14.0. The van der Waals surface area contributed by atoms with Gasteiger partial charge in [-0.05, 0) is 101 Å². The molecule has 11 heteroatoms. The number of halogens is 2. The molecule has 1 amide bonds. The molecule has 0 fully saturated rings. The van der Waals surface area contributed by atoms with Crippen molar-refractivity contribution in [3.8, 4) is 16.9 Å². The Morgan fingerprint density at radius 1 is 1.02 bits per heavy atom. The second-order valence-electron chi connectivity index (χ2n) is 13.2. The van der Waals surface area contributed by atoms with Gasteiger partial charge in [0.1, 0.15) is 17.1 Å². The van der Waals surface area contributed by atoms with Crippen molar-refractivity contribution in [3.05, 3.63) is 98.0 Å². The fourth-order valence-corrected chi connectivity index (χ4v) is 7.89. The highest BCUT2D eigenvalue weighted by Crippen LogP contribution is 2.45. The van der Waals surface area contributed by atoms with E-state index in [1.165, 1.54) is 7.11 Å². The molecule has 0 radical (unpaired) electrons. The SMILES string of the molecule is COC(=O)c1cc2c(N3C[C@@H](C)n4c(c(CCCOc5cc(C)c(Cl)c(C)c5)c5ccc(Cl)c(-c6c(C)nn(C)c6C)c54)C3=O)cccc2[nH]1. The summed E-state index contributed by atoms with van der Waals surface area (Å²) in [6.07, 6.45) is 1.27. The van der Waals surface area contributed by atoms with Crippen LogP contribution in [0.4, 0.5) is 5.69 Å². The van der Waals surface area contributed by atoms with Crippen LogP contribution >= 0.6 is 23.2 Å². The third kappa shape index (κ3) is 5.43. The van der Waals surface area contributed by atoms with Crippen LogP contribution in [-0.2, 0) is 18.2 Å². The van der Waals surface area contributed by atoms with Gasteiger partial charge in [-0.3, -0.25) is 9.48 Å². The Hall–Kier alpha value is -4.73. The summed E-state index contributed by atoms with van der Waals surface area (Å²) in [6.45, 7) is 11.0. The number of ether oxygens (including phenoxy) is 2. The second kappa shape index (κ2) is 12.9. The standard InChI is InChI=1S/C39H39Cl2N5O4/c1-20-16-25(17-21(2)35(20)41)50-15-9-10-26-27-13-14-29(40)34(33-23(4)43-44(6)24(33)5)36(27)46-22(3)19-45(38(47)37(26)46)32-12-8-11-30-28(32)18-31(42-30)39(48)49-7/h8,11-14,16-18,22,42H,9-10,15,19H2,1-7H3/t22-/m1/s1. The van der Waals surface area contributed by atoms with Gasteiger partial charge >= 0.3 is 5.97 Å². The van der Waals surface area contributed by atoms with Crippen LogP contribution < -0.4 is 9.64 Å². The van der Waals surface area contributed by atoms with E-state index >= 15 is 0 Å². The molecule has 0 saturated carbocycles. The molecule has 1 atom stereocenters. The highest BCUT2D eigenvalue weighted by molar-refractivity contribution is 6.35. The maximum absolute atomic E-state index is 14.9. The maximum atomic E-state index is 14.9. The van der Waals surface area contributed by atoms with Gasteiger partial charge in [0.2, 0.25) is 0 Å². The van der Waals surface area contributed by atoms with E-state index in [1.807, 2.05) is 86.8 Å². The van der Waals surface area contributed by atoms with Crippen molar-refractivity contribution >= 4 is 62.6 Å². The number of aryl methyl sites for hydroxylation is 5. The molecular formula is C39H39Cl2N5O4. The van der Waals surface area contributed by atoms with Crippen molar-refractivity contribution < 1.29 is 19.1 Å². The van der Waals surface area contributed by atoms with E-state index in [4.69, 9.17) is 37.8 Å². The Morgan fingerprint density at radius 3 is 2.44 bits per heavy atom. The number of carbonyl (C=O) groups is 2. The minimum absolute atomic E-state index is 0.112. The van der Waals surface area contributed by atoms with E-state index in [-0.39, 0.29) is 11.9 Å². The van der Waals surface area contributed by atoms with E-state index < -0.39 is 5.97 Å². The lowest BCUT2D eigenvalue weighted by Gasteiger charge is -2.34. The summed E-state index contributed by atoms with van der Waals surface area (Å²) in [5.74, 6) is 0.185. The molecule has 0 saturated heterocycles. The van der Waals surface area contributed by atoms with Crippen molar-refractivity contribution in [2.45, 2.75) is 53.5 Å². The molecule has 3 aromatic carbocycles. The summed E-state index contributed by atoms with van der Waals surface area (Å²) in [7, 11) is 3.28. The number of hydrogen-bond donors (Lipinski definition) is 1. The predicted molar refractivity (Wildman–Crippen MR) is 199 cm³/mol. The zero-order valence-electron chi connectivity index (χ0n) is 29.2. The smallest absolute Gasteiger partial charge is 0.354 e. The van der Waals surface area contributed by atoms with Gasteiger partial charge in [0, 0.05) is 57.8 Å². The Labute approximate surface area is 300 Å². The number of rotatable bonds is 8. The van der Waals surface area contributed by atoms with E-state index in [9.17, 15) is 9.59 Å². The van der Waals surface area contributed by atoms with Crippen LogP contribution in [0.2, 0.25) is 10.0 Å². The lowest BCUT2D eigenvalue weighted by Crippen LogP contribution is -2.42. The quantitative estimate of drug-likeness (QED) is 0.126. The van der Waals surface area contributed by atoms with Gasteiger partial charge in [-0.2, -0.15) is 5.10 Å². The minimum atomic E-state index is -0.468. The number of amides is 1. The van der Waals surface area contributed by atoms with Crippen LogP contribution in [0, 0.1) is 27.7 Å². The van der Waals surface area contributed by atoms with Gasteiger partial charge < -0.3 is 23.9 Å². The zero-order valence-corrected chi connectivity index (χ0v) is 30.7. The average Bonchev–Trinajstić information content (AvgIpc) is 3.75. The topological polar surface area (TPSA) is 94.4 Å². The summed E-state index contributed by atoms with van der Waals surface area (Å²) in [5.41, 5.74) is 9.96. The number of hydrogen-bond acceptors (Lipinski definition) is 5. The maximum Gasteiger partial charge on any atom is 0.354 e. The average molecular weight is 713 g/mol. The van der Waals surface area contributed by atoms with Crippen molar-refractivity contribution in [2.24, 2.45) is 7.05 Å². The van der Waals surface area contributed by atoms with E-state index in [0.717, 1.165) is 77.5 Å². The Kier molecular flexibility index (Phi) is 8.68. The van der Waals surface area contributed by atoms with Gasteiger partial charge in [-0.1, -0.05) is 35.3 Å². The van der Waals surface area contributed by atoms with Crippen LogP contribution in [-0.4, -0.2) is 51.5 Å². The number of aromatic amines is 1. The van der Waals surface area contributed by atoms with Gasteiger partial charge in [0.15, 0.2) is 0 Å². The first-order valence-corrected chi connectivity index (χ1v) is 17.4. The van der Waals surface area contributed by atoms with E-state index in [1.54, 1.807) is 6.07 Å². The Morgan fingerprint density at radius 2 is 1.76 bits per heavy atom. The summed E-state index contributed by atoms with van der Waals surface area (Å²) in [5, 5.41) is 7.81. The fourth-order valence-electron chi connectivity index (χ4n) is 7.53. The molecule has 6 aromatic rings. The highest BCUT2D eigenvalue weighted by Gasteiger charge is 2.37. The first-order chi connectivity index (χ1) is 23.9. The number of fused-ring (bicyclic) bond motifs is 4. The molecular weight excluding hydrogens is 673 g/mol. The molecule has 1 N–H and O–H groups in total. The first kappa shape index (κ1) is 33.8. The third-order valence-electron chi connectivity index (χ3n) is 9.90. The van der Waals surface area contributed by atoms with Crippen LogP contribution in [0.1, 0.15) is 68.4 Å². The number of anilines is 1. The molecule has 1 aliphatic heterocycles. The lowest BCUT2D eigenvalue weighted by atomic mass is 9.98. The van der Waals surface area contributed by atoms with Crippen molar-refractivity contribution in [1.29, 1.82) is 0 Å². The molecule has 0 spiro atoms. The van der Waals surface area contributed by atoms with Crippen molar-refractivity contribution in [3.63, 3.8) is 0 Å². The van der Waals surface area contributed by atoms with Crippen LogP contribution in [0.15, 0.2) is 48.5 Å². The van der Waals surface area contributed by atoms with E-state index in [0.29, 0.717) is 42.4 Å². The molecule has 0 aliphatic carbocycles. The normalized spacial score (nSPS) is 14.5. The number of methoxy groups -OCH3 is 1.